The average Bonchev–Trinajstić information content (AvgIpc) is 2.53. The van der Waals surface area contributed by atoms with Crippen molar-refractivity contribution in [2.45, 2.75) is 31.7 Å². The van der Waals surface area contributed by atoms with Gasteiger partial charge in [0.2, 0.25) is 11.8 Å². The van der Waals surface area contributed by atoms with Gasteiger partial charge in [0.05, 0.1) is 5.92 Å². The fourth-order valence-electron chi connectivity index (χ4n) is 3.31. The first kappa shape index (κ1) is 13.9. The molecule has 1 saturated heterocycles. The number of para-hydroxylation sites is 1. The minimum absolute atomic E-state index is 0.0284. The third-order valence-electron chi connectivity index (χ3n) is 4.38. The second-order valence-electron chi connectivity index (χ2n) is 5.60. The third-order valence-corrected chi connectivity index (χ3v) is 4.38. The Bertz CT molecular complexity index is 558. The van der Waals surface area contributed by atoms with E-state index in [1.807, 2.05) is 31.2 Å². The minimum Gasteiger partial charge on any atom is -0.385 e. The van der Waals surface area contributed by atoms with Gasteiger partial charge in [0.15, 0.2) is 0 Å². The number of fused-ring (bicyclic) bond motifs is 1. The first-order chi connectivity index (χ1) is 10.2. The predicted octanol–water partition coefficient (Wildman–Crippen LogP) is 1.32. The van der Waals surface area contributed by atoms with Crippen molar-refractivity contribution in [3.63, 3.8) is 0 Å². The Labute approximate surface area is 124 Å². The molecule has 2 heterocycles. The summed E-state index contributed by atoms with van der Waals surface area (Å²) in [6.07, 6.45) is 1.44. The first-order valence-corrected chi connectivity index (χ1v) is 7.63. The third kappa shape index (κ3) is 2.48. The van der Waals surface area contributed by atoms with E-state index >= 15 is 0 Å². The number of amides is 2. The second kappa shape index (κ2) is 5.76. The number of benzene rings is 1. The van der Waals surface area contributed by atoms with Crippen molar-refractivity contribution in [3.8, 4) is 0 Å². The predicted molar refractivity (Wildman–Crippen MR) is 81.1 cm³/mol. The quantitative estimate of drug-likeness (QED) is 0.862. The van der Waals surface area contributed by atoms with Crippen LogP contribution in [0.5, 0.6) is 0 Å². The summed E-state index contributed by atoms with van der Waals surface area (Å²) in [6, 6.07) is 7.63. The smallest absolute Gasteiger partial charge is 0.242 e. The maximum Gasteiger partial charge on any atom is 0.242 e. The lowest BCUT2D eigenvalue weighted by Crippen LogP contribution is -2.58. The van der Waals surface area contributed by atoms with Gasteiger partial charge in [-0.15, -0.1) is 0 Å². The molecule has 21 heavy (non-hydrogen) atoms. The molecule has 1 aromatic rings. The number of rotatable bonds is 2. The van der Waals surface area contributed by atoms with E-state index in [4.69, 9.17) is 0 Å². The van der Waals surface area contributed by atoms with Crippen LogP contribution < -0.4 is 10.6 Å². The van der Waals surface area contributed by atoms with E-state index in [0.717, 1.165) is 24.2 Å². The van der Waals surface area contributed by atoms with E-state index in [2.05, 4.69) is 10.6 Å². The summed E-state index contributed by atoms with van der Waals surface area (Å²) in [5.74, 6) is -0.0765. The summed E-state index contributed by atoms with van der Waals surface area (Å²) >= 11 is 0. The van der Waals surface area contributed by atoms with Gasteiger partial charge in [-0.2, -0.15) is 0 Å². The zero-order valence-corrected chi connectivity index (χ0v) is 12.3. The van der Waals surface area contributed by atoms with Crippen LogP contribution >= 0.6 is 0 Å². The lowest BCUT2D eigenvalue weighted by atomic mass is 9.89. The zero-order chi connectivity index (χ0) is 14.8. The van der Waals surface area contributed by atoms with Crippen molar-refractivity contribution < 1.29 is 9.59 Å². The van der Waals surface area contributed by atoms with Gasteiger partial charge in [-0.25, -0.2) is 0 Å². The van der Waals surface area contributed by atoms with Crippen LogP contribution in [0.1, 0.15) is 31.2 Å². The molecule has 5 heteroatoms. The van der Waals surface area contributed by atoms with Gasteiger partial charge in [0, 0.05) is 25.3 Å². The summed E-state index contributed by atoms with van der Waals surface area (Å²) in [6.45, 7) is 3.90. The lowest BCUT2D eigenvalue weighted by Gasteiger charge is -2.38. The molecule has 0 saturated carbocycles. The molecule has 2 aliphatic rings. The van der Waals surface area contributed by atoms with Gasteiger partial charge >= 0.3 is 0 Å². The van der Waals surface area contributed by atoms with Crippen LogP contribution in [0.3, 0.4) is 0 Å². The van der Waals surface area contributed by atoms with E-state index in [1.165, 1.54) is 0 Å². The number of hydrogen-bond donors (Lipinski definition) is 2. The molecule has 2 N–H and O–H groups in total. The van der Waals surface area contributed by atoms with Crippen molar-refractivity contribution in [3.05, 3.63) is 29.8 Å². The summed E-state index contributed by atoms with van der Waals surface area (Å²) in [5.41, 5.74) is 2.09. The van der Waals surface area contributed by atoms with Crippen molar-refractivity contribution in [2.75, 3.05) is 25.0 Å². The SMILES string of the molecule is CCC1C(=O)NCCN1C(=O)C1CCNc2ccccc21. The molecule has 0 radical (unpaired) electrons. The largest absolute Gasteiger partial charge is 0.385 e. The molecule has 0 spiro atoms. The van der Waals surface area contributed by atoms with Gasteiger partial charge in [-0.3, -0.25) is 9.59 Å². The fourth-order valence-corrected chi connectivity index (χ4v) is 3.31. The molecule has 2 atom stereocenters. The van der Waals surface area contributed by atoms with Gasteiger partial charge in [-0.1, -0.05) is 25.1 Å². The lowest BCUT2D eigenvalue weighted by molar-refractivity contribution is -0.144. The van der Waals surface area contributed by atoms with E-state index < -0.39 is 0 Å². The van der Waals surface area contributed by atoms with Crippen LogP contribution in [0.25, 0.3) is 0 Å². The van der Waals surface area contributed by atoms with Gasteiger partial charge in [0.25, 0.3) is 0 Å². The molecule has 2 unspecified atom stereocenters. The van der Waals surface area contributed by atoms with Crippen molar-refractivity contribution in [1.82, 2.24) is 10.2 Å². The summed E-state index contributed by atoms with van der Waals surface area (Å²) in [5, 5.41) is 6.18. The molecule has 0 aromatic heterocycles. The maximum absolute atomic E-state index is 12.9. The van der Waals surface area contributed by atoms with Crippen molar-refractivity contribution in [1.29, 1.82) is 0 Å². The number of nitrogens with zero attached hydrogens (tertiary/aromatic N) is 1. The normalized spacial score (nSPS) is 24.8. The standard InChI is InChI=1S/C16H21N3O2/c1-2-14-15(20)18-9-10-19(14)16(21)12-7-8-17-13-6-4-3-5-11(12)13/h3-6,12,14,17H,2,7-10H2,1H3,(H,18,20). The maximum atomic E-state index is 12.9. The molecule has 3 rings (SSSR count). The number of piperazine rings is 1. The van der Waals surface area contributed by atoms with Crippen LogP contribution in [-0.2, 0) is 9.59 Å². The van der Waals surface area contributed by atoms with E-state index in [0.29, 0.717) is 19.5 Å². The van der Waals surface area contributed by atoms with Crippen LogP contribution in [0.15, 0.2) is 24.3 Å². The molecule has 1 aromatic carbocycles. The Morgan fingerprint density at radius 1 is 1.29 bits per heavy atom. The van der Waals surface area contributed by atoms with Crippen molar-refractivity contribution >= 4 is 17.5 Å². The monoisotopic (exact) mass is 287 g/mol. The number of carbonyl (C=O) groups excluding carboxylic acids is 2. The highest BCUT2D eigenvalue weighted by Gasteiger charge is 2.36. The molecule has 1 fully saturated rings. The van der Waals surface area contributed by atoms with Gasteiger partial charge in [0.1, 0.15) is 6.04 Å². The summed E-state index contributed by atoms with van der Waals surface area (Å²) in [7, 11) is 0. The molecule has 2 amide bonds. The molecule has 5 nitrogen and oxygen atoms in total. The van der Waals surface area contributed by atoms with E-state index in [9.17, 15) is 9.59 Å². The van der Waals surface area contributed by atoms with Crippen LogP contribution in [0, 0.1) is 0 Å². The minimum atomic E-state index is -0.326. The Morgan fingerprint density at radius 3 is 2.90 bits per heavy atom. The number of nitrogens with one attached hydrogen (secondary N) is 2. The summed E-state index contributed by atoms with van der Waals surface area (Å²) < 4.78 is 0. The number of anilines is 1. The fraction of sp³-hybridized carbons (Fsp3) is 0.500. The highest BCUT2D eigenvalue weighted by molar-refractivity contribution is 5.92. The number of hydrogen-bond acceptors (Lipinski definition) is 3. The topological polar surface area (TPSA) is 61.4 Å². The van der Waals surface area contributed by atoms with E-state index in [-0.39, 0.29) is 23.8 Å². The molecular weight excluding hydrogens is 266 g/mol. The molecule has 112 valence electrons. The number of carbonyl (C=O) groups is 2. The van der Waals surface area contributed by atoms with Crippen LogP contribution in [0.4, 0.5) is 5.69 Å². The van der Waals surface area contributed by atoms with E-state index in [1.54, 1.807) is 4.90 Å². The van der Waals surface area contributed by atoms with Crippen LogP contribution in [0.2, 0.25) is 0 Å². The molecule has 2 aliphatic heterocycles. The summed E-state index contributed by atoms with van der Waals surface area (Å²) in [4.78, 5) is 26.7. The Hall–Kier alpha value is -2.04. The Balaban J connectivity index is 1.87. The highest BCUT2D eigenvalue weighted by atomic mass is 16.2. The highest BCUT2D eigenvalue weighted by Crippen LogP contribution is 2.33. The Kier molecular flexibility index (Phi) is 3.82. The first-order valence-electron chi connectivity index (χ1n) is 7.63. The van der Waals surface area contributed by atoms with Crippen LogP contribution in [-0.4, -0.2) is 42.4 Å². The van der Waals surface area contributed by atoms with Crippen molar-refractivity contribution in [2.24, 2.45) is 0 Å². The van der Waals surface area contributed by atoms with Gasteiger partial charge < -0.3 is 15.5 Å². The molecular formula is C16H21N3O2. The Morgan fingerprint density at radius 2 is 2.10 bits per heavy atom. The molecule has 0 aliphatic carbocycles. The second-order valence-corrected chi connectivity index (χ2v) is 5.60. The average molecular weight is 287 g/mol. The molecule has 0 bridgehead atoms. The van der Waals surface area contributed by atoms with Gasteiger partial charge in [-0.05, 0) is 24.5 Å². The zero-order valence-electron chi connectivity index (χ0n) is 12.3.